The van der Waals surface area contributed by atoms with Crippen molar-refractivity contribution in [3.8, 4) is 0 Å². The average Bonchev–Trinajstić information content (AvgIpc) is 2.85. The highest BCUT2D eigenvalue weighted by Crippen LogP contribution is 2.51. The van der Waals surface area contributed by atoms with Crippen molar-refractivity contribution in [2.24, 2.45) is 17.3 Å². The van der Waals surface area contributed by atoms with E-state index < -0.39 is 29.2 Å². The summed E-state index contributed by atoms with van der Waals surface area (Å²) in [5, 5.41) is 14.5. The second kappa shape index (κ2) is 10.6. The van der Waals surface area contributed by atoms with Gasteiger partial charge in [0, 0.05) is 22.7 Å². The van der Waals surface area contributed by atoms with Crippen LogP contribution in [0, 0.1) is 17.3 Å². The van der Waals surface area contributed by atoms with Crippen molar-refractivity contribution < 1.29 is 32.7 Å². The Balaban J connectivity index is 1.33. The van der Waals surface area contributed by atoms with E-state index in [9.17, 15) is 32.7 Å². The van der Waals surface area contributed by atoms with E-state index in [-0.39, 0.29) is 35.6 Å². The molecule has 9 heteroatoms. The van der Waals surface area contributed by atoms with Crippen LogP contribution in [0.5, 0.6) is 0 Å². The first-order chi connectivity index (χ1) is 17.5. The lowest BCUT2D eigenvalue weighted by Gasteiger charge is -2.46. The lowest BCUT2D eigenvalue weighted by atomic mass is 9.56. The minimum absolute atomic E-state index is 0.0702. The van der Waals surface area contributed by atoms with Gasteiger partial charge in [-0.05, 0) is 92.3 Å². The number of benzene rings is 2. The third-order valence-electron chi connectivity index (χ3n) is 8.11. The summed E-state index contributed by atoms with van der Waals surface area (Å²) in [4.78, 5) is 36.9. The molecule has 2 amide bonds. The number of aliphatic carboxylic acids is 1. The van der Waals surface area contributed by atoms with Gasteiger partial charge in [0.25, 0.3) is 0 Å². The maximum absolute atomic E-state index is 13.3. The molecule has 2 aliphatic carbocycles. The molecule has 2 aromatic rings. The molecule has 37 heavy (non-hydrogen) atoms. The van der Waals surface area contributed by atoms with Crippen molar-refractivity contribution in [3.05, 3.63) is 59.7 Å². The molecule has 0 aromatic heterocycles. The Morgan fingerprint density at radius 3 is 2.11 bits per heavy atom. The van der Waals surface area contributed by atoms with E-state index >= 15 is 0 Å². The summed E-state index contributed by atoms with van der Waals surface area (Å²) in [5.74, 6) is -0.307. The Morgan fingerprint density at radius 1 is 0.973 bits per heavy atom. The lowest BCUT2D eigenvalue weighted by Crippen LogP contribution is -2.46. The van der Waals surface area contributed by atoms with Crippen molar-refractivity contribution in [2.45, 2.75) is 64.0 Å². The van der Waals surface area contributed by atoms with E-state index in [0.717, 1.165) is 43.4 Å². The van der Waals surface area contributed by atoms with Crippen molar-refractivity contribution in [3.63, 3.8) is 0 Å². The van der Waals surface area contributed by atoms with Gasteiger partial charge < -0.3 is 15.7 Å². The minimum Gasteiger partial charge on any atom is -0.481 e. The van der Waals surface area contributed by atoms with Crippen LogP contribution in [0.25, 0.3) is 0 Å². The number of carboxylic acid groups (broad SMARTS) is 1. The molecule has 4 atom stereocenters. The zero-order valence-electron chi connectivity index (χ0n) is 20.6. The van der Waals surface area contributed by atoms with E-state index in [1.165, 1.54) is 12.1 Å². The Hall–Kier alpha value is -3.36. The van der Waals surface area contributed by atoms with Gasteiger partial charge in [0.05, 0.1) is 12.0 Å². The van der Waals surface area contributed by atoms with Crippen molar-refractivity contribution in [1.29, 1.82) is 0 Å². The maximum Gasteiger partial charge on any atom is 0.416 e. The molecule has 0 spiro atoms. The molecule has 0 heterocycles. The van der Waals surface area contributed by atoms with Crippen LogP contribution in [0.2, 0.25) is 0 Å². The SMILES string of the molecule is CCC1(CC(=O)O)CCC2CC(c3ccc(NC(=O)Nc4ccc(C(F)(F)F)cc4)cc3)CCC2C1=O. The van der Waals surface area contributed by atoms with E-state index in [0.29, 0.717) is 18.5 Å². The molecular formula is C28H31F3N2O4. The third kappa shape index (κ3) is 5.97. The van der Waals surface area contributed by atoms with Crippen LogP contribution in [0.15, 0.2) is 48.5 Å². The summed E-state index contributed by atoms with van der Waals surface area (Å²) >= 11 is 0. The normalized spacial score (nSPS) is 25.7. The summed E-state index contributed by atoms with van der Waals surface area (Å²) in [6, 6.07) is 11.1. The van der Waals surface area contributed by atoms with E-state index in [1.807, 2.05) is 19.1 Å². The molecule has 0 aliphatic heterocycles. The Bertz CT molecular complexity index is 1150. The zero-order chi connectivity index (χ0) is 26.8. The van der Waals surface area contributed by atoms with Crippen molar-refractivity contribution in [1.82, 2.24) is 0 Å². The first kappa shape index (κ1) is 26.7. The number of carboxylic acids is 1. The number of alkyl halides is 3. The van der Waals surface area contributed by atoms with Gasteiger partial charge >= 0.3 is 18.2 Å². The van der Waals surface area contributed by atoms with Crippen LogP contribution in [0.3, 0.4) is 0 Å². The number of urea groups is 1. The molecule has 3 N–H and O–H groups in total. The van der Waals surface area contributed by atoms with E-state index in [4.69, 9.17) is 0 Å². The molecule has 4 rings (SSSR count). The molecule has 2 aromatic carbocycles. The van der Waals surface area contributed by atoms with Crippen LogP contribution in [-0.2, 0) is 15.8 Å². The van der Waals surface area contributed by atoms with Crippen molar-refractivity contribution >= 4 is 29.2 Å². The van der Waals surface area contributed by atoms with Crippen LogP contribution >= 0.6 is 0 Å². The number of carbonyl (C=O) groups is 3. The molecule has 198 valence electrons. The van der Waals surface area contributed by atoms with Gasteiger partial charge in [0.1, 0.15) is 5.78 Å². The summed E-state index contributed by atoms with van der Waals surface area (Å²) in [7, 11) is 0. The monoisotopic (exact) mass is 516 g/mol. The number of hydrogen-bond acceptors (Lipinski definition) is 3. The van der Waals surface area contributed by atoms with Gasteiger partial charge in [-0.15, -0.1) is 0 Å². The van der Waals surface area contributed by atoms with Gasteiger partial charge in [0.2, 0.25) is 0 Å². The average molecular weight is 517 g/mol. The quantitative estimate of drug-likeness (QED) is 0.382. The van der Waals surface area contributed by atoms with Gasteiger partial charge in [0.15, 0.2) is 0 Å². The smallest absolute Gasteiger partial charge is 0.416 e. The predicted molar refractivity (Wildman–Crippen MR) is 133 cm³/mol. The summed E-state index contributed by atoms with van der Waals surface area (Å²) in [6.45, 7) is 1.91. The van der Waals surface area contributed by atoms with E-state index in [1.54, 1.807) is 12.1 Å². The molecule has 6 nitrogen and oxygen atoms in total. The number of amides is 2. The molecule has 2 saturated carbocycles. The summed E-state index contributed by atoms with van der Waals surface area (Å²) in [6.07, 6.45) is 0.00397. The minimum atomic E-state index is -4.44. The standard InChI is InChI=1S/C28H31F3N2O4/c1-2-27(16-24(34)35)14-13-19-15-18(5-12-23(19)25(27)36)17-3-8-21(9-4-17)32-26(37)33-22-10-6-20(7-11-22)28(29,30)31/h3-4,6-11,18-19,23H,2,5,12-16H2,1H3,(H,34,35)(H2,32,33,37). The second-order valence-corrected chi connectivity index (χ2v) is 10.3. The highest BCUT2D eigenvalue weighted by molar-refractivity contribution is 5.99. The van der Waals surface area contributed by atoms with E-state index in [2.05, 4.69) is 10.6 Å². The lowest BCUT2D eigenvalue weighted by molar-refractivity contribution is -0.151. The number of rotatable bonds is 6. The van der Waals surface area contributed by atoms with Gasteiger partial charge in [-0.2, -0.15) is 13.2 Å². The second-order valence-electron chi connectivity index (χ2n) is 10.3. The number of nitrogens with one attached hydrogen (secondary N) is 2. The summed E-state index contributed by atoms with van der Waals surface area (Å²) in [5.41, 5.74) is 0.407. The first-order valence-corrected chi connectivity index (χ1v) is 12.6. The largest absolute Gasteiger partial charge is 0.481 e. The number of ketones is 1. The zero-order valence-corrected chi connectivity index (χ0v) is 20.6. The number of halogens is 3. The number of carbonyl (C=O) groups excluding carboxylic acids is 2. The van der Waals surface area contributed by atoms with Gasteiger partial charge in [-0.25, -0.2) is 4.79 Å². The van der Waals surface area contributed by atoms with Gasteiger partial charge in [-0.3, -0.25) is 9.59 Å². The molecule has 4 unspecified atom stereocenters. The molecule has 0 radical (unpaired) electrons. The molecule has 2 fully saturated rings. The Labute approximate surface area is 213 Å². The van der Waals surface area contributed by atoms with Gasteiger partial charge in [-0.1, -0.05) is 19.1 Å². The highest BCUT2D eigenvalue weighted by atomic mass is 19.4. The number of anilines is 2. The molecular weight excluding hydrogens is 485 g/mol. The number of Topliss-reactive ketones (excluding diaryl/α,β-unsaturated/α-hetero) is 1. The maximum atomic E-state index is 13.3. The van der Waals surface area contributed by atoms with Crippen molar-refractivity contribution in [2.75, 3.05) is 10.6 Å². The number of fused-ring (bicyclic) bond motifs is 1. The number of hydrogen-bond donors (Lipinski definition) is 3. The molecule has 0 saturated heterocycles. The Morgan fingerprint density at radius 2 is 1.57 bits per heavy atom. The fraction of sp³-hybridized carbons (Fsp3) is 0.464. The first-order valence-electron chi connectivity index (χ1n) is 12.6. The fourth-order valence-electron chi connectivity index (χ4n) is 6.02. The predicted octanol–water partition coefficient (Wildman–Crippen LogP) is 7.08. The topological polar surface area (TPSA) is 95.5 Å². The van der Waals surface area contributed by atoms with Crippen LogP contribution in [0.4, 0.5) is 29.3 Å². The fourth-order valence-corrected chi connectivity index (χ4v) is 6.02. The summed E-state index contributed by atoms with van der Waals surface area (Å²) < 4.78 is 38.1. The van der Waals surface area contributed by atoms with Crippen LogP contribution < -0.4 is 10.6 Å². The molecule has 0 bridgehead atoms. The third-order valence-corrected chi connectivity index (χ3v) is 8.11. The van der Waals surface area contributed by atoms with Crippen LogP contribution in [0.1, 0.15) is 68.9 Å². The molecule has 2 aliphatic rings. The Kier molecular flexibility index (Phi) is 7.62. The van der Waals surface area contributed by atoms with Crippen LogP contribution in [-0.4, -0.2) is 22.9 Å². The highest BCUT2D eigenvalue weighted by Gasteiger charge is 2.50.